The second-order valence-corrected chi connectivity index (χ2v) is 6.13. The molecule has 1 aliphatic heterocycles. The number of hydrogen-bond donors (Lipinski definition) is 0. The second kappa shape index (κ2) is 5.90. The second-order valence-electron chi connectivity index (χ2n) is 4.66. The molecule has 4 heteroatoms. The van der Waals surface area contributed by atoms with Crippen LogP contribution in [0.25, 0.3) is 0 Å². The number of ether oxygens (including phenoxy) is 1. The van der Waals surface area contributed by atoms with Crippen molar-refractivity contribution in [3.63, 3.8) is 0 Å². The smallest absolute Gasteiger partial charge is 0.150 e. The predicted molar refractivity (Wildman–Crippen MR) is 82.2 cm³/mol. The van der Waals surface area contributed by atoms with Gasteiger partial charge in [0.15, 0.2) is 0 Å². The molecule has 0 fully saturated rings. The van der Waals surface area contributed by atoms with Crippen LogP contribution in [0, 0.1) is 0 Å². The Morgan fingerprint density at radius 2 is 2.15 bits per heavy atom. The van der Waals surface area contributed by atoms with E-state index in [0.29, 0.717) is 28.9 Å². The zero-order chi connectivity index (χ0) is 13.9. The lowest BCUT2D eigenvalue weighted by atomic mass is 10.0. The number of carbonyl (C=O) groups is 1. The van der Waals surface area contributed by atoms with Crippen molar-refractivity contribution in [3.05, 3.63) is 58.6 Å². The number of aldehydes is 1. The average Bonchev–Trinajstić information content (AvgIpc) is 2.89. The SMILES string of the molecule is O=Cc1ccc(OCC2CSc3ccccc32)c(Cl)c1. The van der Waals surface area contributed by atoms with E-state index in [0.717, 1.165) is 12.0 Å². The highest BCUT2D eigenvalue weighted by atomic mass is 35.5. The summed E-state index contributed by atoms with van der Waals surface area (Å²) in [6.07, 6.45) is 0.777. The van der Waals surface area contributed by atoms with Crippen molar-refractivity contribution < 1.29 is 9.53 Å². The number of hydrogen-bond acceptors (Lipinski definition) is 3. The molecule has 0 aromatic heterocycles. The molecule has 1 atom stereocenters. The van der Waals surface area contributed by atoms with Crippen LogP contribution in [-0.4, -0.2) is 18.6 Å². The highest BCUT2D eigenvalue weighted by molar-refractivity contribution is 7.99. The van der Waals surface area contributed by atoms with Crippen LogP contribution in [0.5, 0.6) is 5.75 Å². The minimum Gasteiger partial charge on any atom is -0.491 e. The molecule has 1 aliphatic rings. The van der Waals surface area contributed by atoms with Gasteiger partial charge in [0.05, 0.1) is 11.6 Å². The van der Waals surface area contributed by atoms with Crippen molar-refractivity contribution in [2.24, 2.45) is 0 Å². The van der Waals surface area contributed by atoms with Crippen molar-refractivity contribution in [2.75, 3.05) is 12.4 Å². The maximum atomic E-state index is 10.7. The van der Waals surface area contributed by atoms with Gasteiger partial charge >= 0.3 is 0 Å². The zero-order valence-corrected chi connectivity index (χ0v) is 12.3. The molecule has 1 heterocycles. The zero-order valence-electron chi connectivity index (χ0n) is 10.7. The van der Waals surface area contributed by atoms with E-state index in [1.807, 2.05) is 11.8 Å². The van der Waals surface area contributed by atoms with Gasteiger partial charge in [-0.1, -0.05) is 29.8 Å². The van der Waals surface area contributed by atoms with Crippen LogP contribution in [0.4, 0.5) is 0 Å². The van der Waals surface area contributed by atoms with Crippen LogP contribution in [0.1, 0.15) is 21.8 Å². The number of thioether (sulfide) groups is 1. The summed E-state index contributed by atoms with van der Waals surface area (Å²) in [6.45, 7) is 0.601. The largest absolute Gasteiger partial charge is 0.491 e. The van der Waals surface area contributed by atoms with E-state index in [1.54, 1.807) is 18.2 Å². The van der Waals surface area contributed by atoms with Crippen LogP contribution in [0.3, 0.4) is 0 Å². The lowest BCUT2D eigenvalue weighted by Gasteiger charge is -2.13. The molecule has 2 aromatic carbocycles. The summed E-state index contributed by atoms with van der Waals surface area (Å²) in [5, 5.41) is 0.480. The minimum atomic E-state index is 0.387. The molecule has 0 aliphatic carbocycles. The fourth-order valence-corrected chi connectivity index (χ4v) is 3.74. The molecular weight excluding hydrogens is 292 g/mol. The quantitative estimate of drug-likeness (QED) is 0.782. The Bertz CT molecular complexity index is 642. The van der Waals surface area contributed by atoms with Gasteiger partial charge in [-0.05, 0) is 29.8 Å². The van der Waals surface area contributed by atoms with Crippen LogP contribution in [0.2, 0.25) is 5.02 Å². The molecule has 2 nitrogen and oxygen atoms in total. The van der Waals surface area contributed by atoms with Crippen LogP contribution in [-0.2, 0) is 0 Å². The summed E-state index contributed by atoms with van der Waals surface area (Å²) in [6, 6.07) is 13.5. The molecule has 2 aromatic rings. The summed E-state index contributed by atoms with van der Waals surface area (Å²) in [7, 11) is 0. The molecule has 20 heavy (non-hydrogen) atoms. The third-order valence-corrected chi connectivity index (χ3v) is 4.88. The Morgan fingerprint density at radius 3 is 2.95 bits per heavy atom. The summed E-state index contributed by atoms with van der Waals surface area (Å²) >= 11 is 7.97. The Balaban J connectivity index is 1.70. The van der Waals surface area contributed by atoms with Gasteiger partial charge in [-0.2, -0.15) is 0 Å². The molecule has 0 saturated carbocycles. The standard InChI is InChI=1S/C16H13ClO2S/c17-14-7-11(8-18)5-6-15(14)19-9-12-10-20-16-4-2-1-3-13(12)16/h1-8,12H,9-10H2. The topological polar surface area (TPSA) is 26.3 Å². The third-order valence-electron chi connectivity index (χ3n) is 3.33. The number of fused-ring (bicyclic) bond motifs is 1. The van der Waals surface area contributed by atoms with E-state index >= 15 is 0 Å². The monoisotopic (exact) mass is 304 g/mol. The first kappa shape index (κ1) is 13.5. The van der Waals surface area contributed by atoms with E-state index in [4.69, 9.17) is 16.3 Å². The van der Waals surface area contributed by atoms with Gasteiger partial charge in [-0.15, -0.1) is 11.8 Å². The van der Waals surface area contributed by atoms with E-state index in [1.165, 1.54) is 10.5 Å². The van der Waals surface area contributed by atoms with Gasteiger partial charge in [0, 0.05) is 22.1 Å². The molecular formula is C16H13ClO2S. The van der Waals surface area contributed by atoms with Crippen molar-refractivity contribution in [1.29, 1.82) is 0 Å². The van der Waals surface area contributed by atoms with Crippen molar-refractivity contribution in [2.45, 2.75) is 10.8 Å². The van der Waals surface area contributed by atoms with Gasteiger partial charge in [-0.25, -0.2) is 0 Å². The first-order valence-corrected chi connectivity index (χ1v) is 7.73. The molecule has 0 N–H and O–H groups in total. The summed E-state index contributed by atoms with van der Waals surface area (Å²) < 4.78 is 5.82. The van der Waals surface area contributed by atoms with Crippen molar-refractivity contribution in [1.82, 2.24) is 0 Å². The normalized spacial score (nSPS) is 16.8. The Morgan fingerprint density at radius 1 is 1.30 bits per heavy atom. The number of benzene rings is 2. The van der Waals surface area contributed by atoms with Crippen molar-refractivity contribution >= 4 is 29.6 Å². The minimum absolute atomic E-state index is 0.387. The fourth-order valence-electron chi connectivity index (χ4n) is 2.27. The number of carbonyl (C=O) groups excluding carboxylic acids is 1. The lowest BCUT2D eigenvalue weighted by molar-refractivity contribution is 0.112. The first-order valence-electron chi connectivity index (χ1n) is 6.37. The molecule has 0 spiro atoms. The highest BCUT2D eigenvalue weighted by Crippen LogP contribution is 2.39. The van der Waals surface area contributed by atoms with Gasteiger partial charge in [0.2, 0.25) is 0 Å². The van der Waals surface area contributed by atoms with E-state index in [-0.39, 0.29) is 0 Å². The van der Waals surface area contributed by atoms with Gasteiger partial charge < -0.3 is 4.74 Å². The van der Waals surface area contributed by atoms with Gasteiger partial charge in [0.1, 0.15) is 12.0 Å². The number of rotatable bonds is 4. The lowest BCUT2D eigenvalue weighted by Crippen LogP contribution is -2.10. The van der Waals surface area contributed by atoms with E-state index in [9.17, 15) is 4.79 Å². The molecule has 1 unspecified atom stereocenters. The Labute approximate surface area is 127 Å². The van der Waals surface area contributed by atoms with Crippen LogP contribution < -0.4 is 4.74 Å². The average molecular weight is 305 g/mol. The van der Waals surface area contributed by atoms with Gasteiger partial charge in [-0.3, -0.25) is 4.79 Å². The summed E-state index contributed by atoms with van der Waals surface area (Å²) in [4.78, 5) is 12.0. The summed E-state index contributed by atoms with van der Waals surface area (Å²) in [5.41, 5.74) is 1.90. The Kier molecular flexibility index (Phi) is 3.99. The molecule has 3 rings (SSSR count). The van der Waals surface area contributed by atoms with Crippen LogP contribution >= 0.6 is 23.4 Å². The molecule has 0 radical (unpaired) electrons. The molecule has 102 valence electrons. The predicted octanol–water partition coefficient (Wildman–Crippen LogP) is 4.42. The molecule has 0 saturated heterocycles. The van der Waals surface area contributed by atoms with E-state index < -0.39 is 0 Å². The third kappa shape index (κ3) is 2.69. The van der Waals surface area contributed by atoms with E-state index in [2.05, 4.69) is 24.3 Å². The summed E-state index contributed by atoms with van der Waals surface area (Å²) in [5.74, 6) is 2.05. The van der Waals surface area contributed by atoms with Crippen LogP contribution in [0.15, 0.2) is 47.4 Å². The van der Waals surface area contributed by atoms with Gasteiger partial charge in [0.25, 0.3) is 0 Å². The number of halogens is 1. The molecule has 0 amide bonds. The van der Waals surface area contributed by atoms with Crippen molar-refractivity contribution in [3.8, 4) is 5.75 Å². The Hall–Kier alpha value is -1.45. The maximum Gasteiger partial charge on any atom is 0.150 e. The first-order chi connectivity index (χ1) is 9.78. The molecule has 0 bridgehead atoms. The fraction of sp³-hybridized carbons (Fsp3) is 0.188. The highest BCUT2D eigenvalue weighted by Gasteiger charge is 2.23. The maximum absolute atomic E-state index is 10.7.